The molecule has 0 saturated carbocycles. The number of hydrogen-bond donors (Lipinski definition) is 1. The molecule has 6 heteroatoms. The molecule has 0 atom stereocenters. The van der Waals surface area contributed by atoms with Gasteiger partial charge in [0, 0.05) is 16.7 Å². The predicted octanol–water partition coefficient (Wildman–Crippen LogP) is 6.25. The van der Waals surface area contributed by atoms with Crippen LogP contribution in [-0.2, 0) is 16.6 Å². The van der Waals surface area contributed by atoms with Gasteiger partial charge in [-0.1, -0.05) is 27.7 Å². The minimum absolute atomic E-state index is 0.102. The van der Waals surface area contributed by atoms with Crippen LogP contribution in [0, 0.1) is 0 Å². The van der Waals surface area contributed by atoms with Crippen molar-refractivity contribution in [2.45, 2.75) is 65.9 Å². The van der Waals surface area contributed by atoms with E-state index < -0.39 is 11.8 Å². The molecule has 0 saturated heterocycles. The van der Waals surface area contributed by atoms with Gasteiger partial charge >= 0.3 is 6.16 Å². The van der Waals surface area contributed by atoms with Crippen LogP contribution in [0.25, 0.3) is 11.1 Å². The number of carbonyl (C=O) groups excluding carboxylic acids is 1. The van der Waals surface area contributed by atoms with E-state index in [0.717, 1.165) is 11.1 Å². The summed E-state index contributed by atoms with van der Waals surface area (Å²) in [4.78, 5) is 12.6. The number of phenolic OH excluding ortho intramolecular Hbond substituents is 1. The molecule has 2 aromatic rings. The molecule has 0 amide bonds. The van der Waals surface area contributed by atoms with Crippen molar-refractivity contribution in [3.63, 3.8) is 0 Å². The quantitative estimate of drug-likeness (QED) is 0.446. The third-order valence-electron chi connectivity index (χ3n) is 4.75. The molecule has 0 aliphatic rings. The Balaban J connectivity index is 2.84. The lowest BCUT2D eigenvalue weighted by Gasteiger charge is -2.27. The van der Waals surface area contributed by atoms with E-state index in [1.807, 2.05) is 33.8 Å². The summed E-state index contributed by atoms with van der Waals surface area (Å²) < 4.78 is 22.1. The number of carbonyl (C=O) groups is 1. The van der Waals surface area contributed by atoms with Gasteiger partial charge in [-0.15, -0.1) is 0 Å². The number of aromatic hydroxyl groups is 1. The van der Waals surface area contributed by atoms with Gasteiger partial charge in [0.25, 0.3) is 0 Å². The van der Waals surface area contributed by atoms with Gasteiger partial charge in [0.15, 0.2) is 0 Å². The Labute approximate surface area is 185 Å². The van der Waals surface area contributed by atoms with E-state index in [0.29, 0.717) is 34.8 Å². The first-order chi connectivity index (χ1) is 14.3. The van der Waals surface area contributed by atoms with Crippen LogP contribution in [0.3, 0.4) is 0 Å². The minimum Gasteiger partial charge on any atom is -0.507 e. The van der Waals surface area contributed by atoms with Gasteiger partial charge in [-0.25, -0.2) is 4.79 Å². The molecule has 2 aromatic carbocycles. The zero-order valence-electron chi connectivity index (χ0n) is 20.0. The number of methoxy groups -OCH3 is 2. The van der Waals surface area contributed by atoms with Crippen molar-refractivity contribution in [2.24, 2.45) is 0 Å². The third kappa shape index (κ3) is 5.84. The number of phenols is 1. The lowest BCUT2D eigenvalue weighted by Crippen LogP contribution is -2.27. The Morgan fingerprint density at radius 3 is 1.94 bits per heavy atom. The molecule has 0 aliphatic carbocycles. The maximum atomic E-state index is 12.6. The maximum absolute atomic E-state index is 12.6. The van der Waals surface area contributed by atoms with Crippen LogP contribution >= 0.6 is 0 Å². The van der Waals surface area contributed by atoms with E-state index in [2.05, 4.69) is 0 Å². The zero-order valence-corrected chi connectivity index (χ0v) is 20.0. The van der Waals surface area contributed by atoms with Gasteiger partial charge in [0.1, 0.15) is 28.6 Å². The van der Waals surface area contributed by atoms with E-state index in [-0.39, 0.29) is 11.2 Å². The molecule has 170 valence electrons. The fourth-order valence-electron chi connectivity index (χ4n) is 3.20. The monoisotopic (exact) mass is 430 g/mol. The van der Waals surface area contributed by atoms with Crippen LogP contribution < -0.4 is 14.2 Å². The average Bonchev–Trinajstić information content (AvgIpc) is 2.66. The molecule has 0 bridgehead atoms. The SMILES string of the molecule is CCc1cc(OC)cc(-c2cc(OC)cc(C(C)(C)C)c2OC(=O)OC(C)(C)C)c1O. The average molecular weight is 431 g/mol. The highest BCUT2D eigenvalue weighted by Crippen LogP contribution is 2.47. The number of aryl methyl sites for hydroxylation is 1. The van der Waals surface area contributed by atoms with Crippen molar-refractivity contribution in [3.8, 4) is 34.1 Å². The number of benzene rings is 2. The molecule has 6 nitrogen and oxygen atoms in total. The molecule has 31 heavy (non-hydrogen) atoms. The van der Waals surface area contributed by atoms with Crippen molar-refractivity contribution < 1.29 is 28.8 Å². The minimum atomic E-state index is -0.817. The van der Waals surface area contributed by atoms with Crippen molar-refractivity contribution >= 4 is 6.16 Å². The summed E-state index contributed by atoms with van der Waals surface area (Å²) in [5, 5.41) is 11.0. The molecule has 0 heterocycles. The number of ether oxygens (including phenoxy) is 4. The van der Waals surface area contributed by atoms with E-state index in [4.69, 9.17) is 18.9 Å². The van der Waals surface area contributed by atoms with Crippen LogP contribution in [0.2, 0.25) is 0 Å². The van der Waals surface area contributed by atoms with Crippen molar-refractivity contribution in [1.82, 2.24) is 0 Å². The van der Waals surface area contributed by atoms with Crippen molar-refractivity contribution in [3.05, 3.63) is 35.4 Å². The first kappa shape index (κ1) is 24.4. The van der Waals surface area contributed by atoms with Crippen molar-refractivity contribution in [2.75, 3.05) is 14.2 Å². The summed E-state index contributed by atoms with van der Waals surface area (Å²) in [5.74, 6) is 1.59. The smallest absolute Gasteiger partial charge is 0.507 e. The second-order valence-electron chi connectivity index (χ2n) is 9.40. The van der Waals surface area contributed by atoms with Crippen molar-refractivity contribution in [1.29, 1.82) is 0 Å². The molecular weight excluding hydrogens is 396 g/mol. The maximum Gasteiger partial charge on any atom is 0.514 e. The predicted molar refractivity (Wildman–Crippen MR) is 122 cm³/mol. The van der Waals surface area contributed by atoms with Crippen LogP contribution in [-0.4, -0.2) is 31.1 Å². The third-order valence-corrected chi connectivity index (χ3v) is 4.75. The van der Waals surface area contributed by atoms with Gasteiger partial charge in [0.2, 0.25) is 0 Å². The lowest BCUT2D eigenvalue weighted by molar-refractivity contribution is 0.0204. The molecular formula is C25H34O6. The normalized spacial score (nSPS) is 11.8. The van der Waals surface area contributed by atoms with Gasteiger partial charge in [0.05, 0.1) is 14.2 Å². The molecule has 0 radical (unpaired) electrons. The first-order valence-corrected chi connectivity index (χ1v) is 10.3. The van der Waals surface area contributed by atoms with Gasteiger partial charge in [-0.3, -0.25) is 0 Å². The molecule has 0 aromatic heterocycles. The summed E-state index contributed by atoms with van der Waals surface area (Å²) in [6, 6.07) is 7.08. The fraction of sp³-hybridized carbons (Fsp3) is 0.480. The van der Waals surface area contributed by atoms with Crippen LogP contribution in [0.5, 0.6) is 23.0 Å². The Morgan fingerprint density at radius 1 is 0.903 bits per heavy atom. The zero-order chi connectivity index (χ0) is 23.6. The molecule has 0 spiro atoms. The Morgan fingerprint density at radius 2 is 1.45 bits per heavy atom. The topological polar surface area (TPSA) is 74.2 Å². The van der Waals surface area contributed by atoms with E-state index >= 15 is 0 Å². The van der Waals surface area contributed by atoms with Gasteiger partial charge in [-0.2, -0.15) is 0 Å². The van der Waals surface area contributed by atoms with E-state index in [1.165, 1.54) is 0 Å². The van der Waals surface area contributed by atoms with Gasteiger partial charge in [-0.05, 0) is 62.4 Å². The molecule has 0 unspecified atom stereocenters. The standard InChI is InChI=1S/C25H34O6/c1-10-15-11-16(28-8)12-18(21(15)26)19-13-17(29-9)14-20(24(2,3)4)22(19)30-23(27)31-25(5,6)7/h11-14,26H,10H2,1-9H3. The summed E-state index contributed by atoms with van der Waals surface area (Å²) in [6.07, 6.45) is -0.212. The van der Waals surface area contributed by atoms with Gasteiger partial charge < -0.3 is 24.1 Å². The second-order valence-corrected chi connectivity index (χ2v) is 9.40. The molecule has 0 fully saturated rings. The van der Waals surface area contributed by atoms with Crippen LogP contribution in [0.4, 0.5) is 4.79 Å². The molecule has 2 rings (SSSR count). The Kier molecular flexibility index (Phi) is 7.14. The summed E-state index contributed by atoms with van der Waals surface area (Å²) in [6.45, 7) is 13.3. The number of hydrogen-bond acceptors (Lipinski definition) is 6. The lowest BCUT2D eigenvalue weighted by atomic mass is 9.83. The Hall–Kier alpha value is -2.89. The van der Waals surface area contributed by atoms with E-state index in [9.17, 15) is 9.90 Å². The van der Waals surface area contributed by atoms with E-state index in [1.54, 1.807) is 53.2 Å². The van der Waals surface area contributed by atoms with Crippen LogP contribution in [0.1, 0.15) is 59.6 Å². The fourth-order valence-corrected chi connectivity index (χ4v) is 3.20. The summed E-state index contributed by atoms with van der Waals surface area (Å²) in [5.41, 5.74) is 1.37. The largest absolute Gasteiger partial charge is 0.514 e. The highest BCUT2D eigenvalue weighted by Gasteiger charge is 2.29. The summed E-state index contributed by atoms with van der Waals surface area (Å²) >= 11 is 0. The first-order valence-electron chi connectivity index (χ1n) is 10.3. The molecule has 0 aliphatic heterocycles. The second kappa shape index (κ2) is 9.08. The van der Waals surface area contributed by atoms with Crippen LogP contribution in [0.15, 0.2) is 24.3 Å². The Bertz CT molecular complexity index is 948. The highest BCUT2D eigenvalue weighted by molar-refractivity contribution is 5.83. The number of rotatable bonds is 5. The summed E-state index contributed by atoms with van der Waals surface area (Å²) in [7, 11) is 3.14. The highest BCUT2D eigenvalue weighted by atomic mass is 16.7. The molecule has 1 N–H and O–H groups in total.